The van der Waals surface area contributed by atoms with E-state index in [0.717, 1.165) is 24.3 Å². The van der Waals surface area contributed by atoms with E-state index in [0.29, 0.717) is 11.3 Å². The number of anilines is 2. The first-order valence-electron chi connectivity index (χ1n) is 8.22. The molecule has 3 aromatic rings. The van der Waals surface area contributed by atoms with Crippen molar-refractivity contribution in [1.82, 2.24) is 0 Å². The number of hydrogen-bond donors (Lipinski definition) is 2. The van der Waals surface area contributed by atoms with E-state index >= 15 is 0 Å². The minimum absolute atomic E-state index is 0.0946. The zero-order valence-electron chi connectivity index (χ0n) is 14.8. The average molecular weight is 400 g/mol. The average Bonchev–Trinajstić information content (AvgIpc) is 2.69. The van der Waals surface area contributed by atoms with Crippen LogP contribution in [0.5, 0.6) is 5.75 Å². The van der Waals surface area contributed by atoms with Crippen LogP contribution in [0, 0.1) is 5.82 Å². The number of para-hydroxylation sites is 2. The summed E-state index contributed by atoms with van der Waals surface area (Å²) in [4.78, 5) is 12.4. The number of benzene rings is 3. The Morgan fingerprint density at radius 3 is 2.29 bits per heavy atom. The van der Waals surface area contributed by atoms with Crippen LogP contribution in [0.3, 0.4) is 0 Å². The molecule has 0 radical (unpaired) electrons. The first-order valence-corrected chi connectivity index (χ1v) is 9.70. The maximum absolute atomic E-state index is 13.1. The topological polar surface area (TPSA) is 84.5 Å². The number of ether oxygens (including phenoxy) is 1. The molecule has 3 aromatic carbocycles. The Kier molecular flexibility index (Phi) is 5.60. The lowest BCUT2D eigenvalue weighted by Crippen LogP contribution is -2.17. The van der Waals surface area contributed by atoms with Gasteiger partial charge < -0.3 is 10.1 Å². The first-order chi connectivity index (χ1) is 13.4. The summed E-state index contributed by atoms with van der Waals surface area (Å²) in [6, 6.07) is 17.4. The van der Waals surface area contributed by atoms with E-state index in [1.54, 1.807) is 42.5 Å². The van der Waals surface area contributed by atoms with Crippen molar-refractivity contribution in [3.8, 4) is 5.75 Å². The summed E-state index contributed by atoms with van der Waals surface area (Å²) in [7, 11) is -2.46. The maximum Gasteiger partial charge on any atom is 0.261 e. The predicted octanol–water partition coefficient (Wildman–Crippen LogP) is 3.89. The van der Waals surface area contributed by atoms with Gasteiger partial charge in [-0.25, -0.2) is 12.8 Å². The normalized spacial score (nSPS) is 10.9. The maximum atomic E-state index is 13.1. The summed E-state index contributed by atoms with van der Waals surface area (Å²) in [5, 5.41) is 2.68. The van der Waals surface area contributed by atoms with E-state index in [4.69, 9.17) is 4.74 Å². The van der Waals surface area contributed by atoms with Gasteiger partial charge in [0.2, 0.25) is 0 Å². The fraction of sp³-hybridized carbons (Fsp3) is 0.0500. The Morgan fingerprint density at radius 1 is 0.929 bits per heavy atom. The molecule has 28 heavy (non-hydrogen) atoms. The summed E-state index contributed by atoms with van der Waals surface area (Å²) in [5.41, 5.74) is 0.819. The highest BCUT2D eigenvalue weighted by atomic mass is 32.2. The van der Waals surface area contributed by atoms with Gasteiger partial charge in [0.25, 0.3) is 15.9 Å². The van der Waals surface area contributed by atoms with Crippen molar-refractivity contribution >= 4 is 27.3 Å². The molecule has 6 nitrogen and oxygen atoms in total. The van der Waals surface area contributed by atoms with Crippen molar-refractivity contribution in [3.63, 3.8) is 0 Å². The van der Waals surface area contributed by atoms with Gasteiger partial charge >= 0.3 is 0 Å². The zero-order valence-corrected chi connectivity index (χ0v) is 15.7. The third-order valence-corrected chi connectivity index (χ3v) is 5.26. The van der Waals surface area contributed by atoms with Crippen LogP contribution in [0.25, 0.3) is 0 Å². The van der Waals surface area contributed by atoms with Gasteiger partial charge in [0.15, 0.2) is 0 Å². The minimum atomic E-state index is -3.95. The third-order valence-electron chi connectivity index (χ3n) is 3.88. The lowest BCUT2D eigenvalue weighted by molar-refractivity contribution is 0.102. The van der Waals surface area contributed by atoms with Gasteiger partial charge in [-0.2, -0.15) is 0 Å². The van der Waals surface area contributed by atoms with Gasteiger partial charge in [-0.1, -0.05) is 18.2 Å². The Labute approximate surface area is 162 Å². The van der Waals surface area contributed by atoms with Crippen LogP contribution < -0.4 is 14.8 Å². The highest BCUT2D eigenvalue weighted by Gasteiger charge is 2.17. The molecule has 0 atom stereocenters. The standard InChI is InChI=1S/C20H17FN2O4S/c1-27-16-6-4-5-14(13-16)20(24)22-18-7-2-3-8-19(18)23-28(25,26)17-11-9-15(21)10-12-17/h2-13,23H,1H3,(H,22,24). The van der Waals surface area contributed by atoms with Gasteiger partial charge in [0, 0.05) is 5.56 Å². The fourth-order valence-electron chi connectivity index (χ4n) is 2.46. The van der Waals surface area contributed by atoms with E-state index in [1.165, 1.54) is 13.2 Å². The summed E-state index contributed by atoms with van der Waals surface area (Å²) >= 11 is 0. The number of carbonyl (C=O) groups excluding carboxylic acids is 1. The number of sulfonamides is 1. The van der Waals surface area contributed by atoms with Crippen LogP contribution in [0.2, 0.25) is 0 Å². The molecule has 0 bridgehead atoms. The number of hydrogen-bond acceptors (Lipinski definition) is 4. The Morgan fingerprint density at radius 2 is 1.61 bits per heavy atom. The van der Waals surface area contributed by atoms with E-state index in [1.807, 2.05) is 0 Å². The van der Waals surface area contributed by atoms with Crippen molar-refractivity contribution in [2.45, 2.75) is 4.90 Å². The van der Waals surface area contributed by atoms with Gasteiger partial charge in [-0.05, 0) is 54.6 Å². The van der Waals surface area contributed by atoms with Gasteiger partial charge in [0.1, 0.15) is 11.6 Å². The largest absolute Gasteiger partial charge is 0.497 e. The fourth-order valence-corrected chi connectivity index (χ4v) is 3.54. The smallest absolute Gasteiger partial charge is 0.261 e. The van der Waals surface area contributed by atoms with Crippen molar-refractivity contribution in [2.75, 3.05) is 17.1 Å². The quantitative estimate of drug-likeness (QED) is 0.658. The van der Waals surface area contributed by atoms with Crippen LogP contribution in [0.1, 0.15) is 10.4 Å². The van der Waals surface area contributed by atoms with E-state index < -0.39 is 21.7 Å². The first kappa shape index (κ1) is 19.4. The number of methoxy groups -OCH3 is 1. The molecule has 0 aliphatic heterocycles. The highest BCUT2D eigenvalue weighted by Crippen LogP contribution is 2.25. The molecular formula is C20H17FN2O4S. The molecule has 1 amide bonds. The monoisotopic (exact) mass is 400 g/mol. The molecule has 144 valence electrons. The number of nitrogens with one attached hydrogen (secondary N) is 2. The molecule has 0 unspecified atom stereocenters. The predicted molar refractivity (Wildman–Crippen MR) is 105 cm³/mol. The molecule has 3 rings (SSSR count). The molecule has 0 heterocycles. The minimum Gasteiger partial charge on any atom is -0.497 e. The Bertz CT molecular complexity index is 1100. The molecule has 0 aliphatic carbocycles. The molecule has 2 N–H and O–H groups in total. The van der Waals surface area contributed by atoms with E-state index in [-0.39, 0.29) is 16.3 Å². The summed E-state index contributed by atoms with van der Waals surface area (Å²) in [5.74, 6) is -0.435. The van der Waals surface area contributed by atoms with E-state index in [2.05, 4.69) is 10.0 Å². The van der Waals surface area contributed by atoms with Crippen molar-refractivity contribution in [3.05, 3.63) is 84.2 Å². The van der Waals surface area contributed by atoms with Gasteiger partial charge in [-0.3, -0.25) is 9.52 Å². The molecule has 0 fully saturated rings. The molecule has 0 aliphatic rings. The van der Waals surface area contributed by atoms with Crippen molar-refractivity contribution < 1.29 is 22.3 Å². The SMILES string of the molecule is COc1cccc(C(=O)Nc2ccccc2NS(=O)(=O)c2ccc(F)cc2)c1. The summed E-state index contributed by atoms with van der Waals surface area (Å²) < 4.78 is 45.7. The number of halogens is 1. The molecular weight excluding hydrogens is 383 g/mol. The molecule has 0 saturated heterocycles. The lowest BCUT2D eigenvalue weighted by Gasteiger charge is -2.14. The van der Waals surface area contributed by atoms with Crippen molar-refractivity contribution in [1.29, 1.82) is 0 Å². The second-order valence-corrected chi connectivity index (χ2v) is 7.47. The highest BCUT2D eigenvalue weighted by molar-refractivity contribution is 7.92. The van der Waals surface area contributed by atoms with E-state index in [9.17, 15) is 17.6 Å². The van der Waals surface area contributed by atoms with Crippen LogP contribution in [0.15, 0.2) is 77.7 Å². The Hall–Kier alpha value is -3.39. The van der Waals surface area contributed by atoms with Crippen molar-refractivity contribution in [2.24, 2.45) is 0 Å². The van der Waals surface area contributed by atoms with Crippen LogP contribution >= 0.6 is 0 Å². The second-order valence-electron chi connectivity index (χ2n) is 5.79. The van der Waals surface area contributed by atoms with Crippen LogP contribution in [0.4, 0.5) is 15.8 Å². The third kappa shape index (κ3) is 4.47. The van der Waals surface area contributed by atoms with Crippen LogP contribution in [-0.2, 0) is 10.0 Å². The zero-order chi connectivity index (χ0) is 20.1. The molecule has 0 aromatic heterocycles. The molecule has 8 heteroatoms. The second kappa shape index (κ2) is 8.10. The molecule has 0 saturated carbocycles. The van der Waals surface area contributed by atoms with Crippen LogP contribution in [-0.4, -0.2) is 21.4 Å². The number of carbonyl (C=O) groups is 1. The van der Waals surface area contributed by atoms with Gasteiger partial charge in [0.05, 0.1) is 23.4 Å². The number of amides is 1. The van der Waals surface area contributed by atoms with Gasteiger partial charge in [-0.15, -0.1) is 0 Å². The summed E-state index contributed by atoms with van der Waals surface area (Å²) in [6.07, 6.45) is 0. The lowest BCUT2D eigenvalue weighted by atomic mass is 10.2. The molecule has 0 spiro atoms. The number of rotatable bonds is 6. The summed E-state index contributed by atoms with van der Waals surface area (Å²) in [6.45, 7) is 0. The Balaban J connectivity index is 1.85.